The number of halogens is 4. The normalized spacial score (nSPS) is 23.8. The van der Waals surface area contributed by atoms with Gasteiger partial charge in [0.15, 0.2) is 0 Å². The van der Waals surface area contributed by atoms with Crippen LogP contribution in [0.1, 0.15) is 22.7 Å². The number of imide groups is 1. The van der Waals surface area contributed by atoms with E-state index in [4.69, 9.17) is 11.6 Å². The largest absolute Gasteiger partial charge is 0.418 e. The first kappa shape index (κ1) is 24.2. The standard InChI is InChI=1S/C28H19ClF3N3O3/c29-16-9-11-17(12-10-16)33-25(36)24-22-21(23-18-6-2-1-5-15(18)13-14-34(23)24)26(37)35(27(22)38)20-8-4-3-7-19(20)28(30,31)32/h1-14,21-24H,(H,33,36)/t21-,22-,23-,24+/m0/s1. The monoisotopic (exact) mass is 537 g/mol. The number of nitrogens with zero attached hydrogens (tertiary/aromatic N) is 2. The molecule has 6 rings (SSSR count). The van der Waals surface area contributed by atoms with Crippen LogP contribution in [0.4, 0.5) is 24.5 Å². The first-order valence-electron chi connectivity index (χ1n) is 11.8. The van der Waals surface area contributed by atoms with Gasteiger partial charge >= 0.3 is 6.18 Å². The number of nitrogens with one attached hydrogen (secondary N) is 1. The summed E-state index contributed by atoms with van der Waals surface area (Å²) in [7, 11) is 0. The lowest BCUT2D eigenvalue weighted by Crippen LogP contribution is -2.46. The van der Waals surface area contributed by atoms with Crippen LogP contribution in [-0.2, 0) is 20.6 Å². The van der Waals surface area contributed by atoms with E-state index in [0.717, 1.165) is 23.3 Å². The summed E-state index contributed by atoms with van der Waals surface area (Å²) in [6, 6.07) is 16.3. The molecule has 3 aromatic rings. The molecule has 10 heteroatoms. The number of fused-ring (bicyclic) bond motifs is 5. The number of hydrogen-bond donors (Lipinski definition) is 1. The highest BCUT2D eigenvalue weighted by Crippen LogP contribution is 2.54. The molecule has 6 nitrogen and oxygen atoms in total. The van der Waals surface area contributed by atoms with Crippen LogP contribution in [0.15, 0.2) is 79.0 Å². The van der Waals surface area contributed by atoms with E-state index < -0.39 is 59.1 Å². The van der Waals surface area contributed by atoms with Crippen molar-refractivity contribution in [1.29, 1.82) is 0 Å². The predicted molar refractivity (Wildman–Crippen MR) is 135 cm³/mol. The third-order valence-electron chi connectivity index (χ3n) is 7.29. The SMILES string of the molecule is O=C(Nc1ccc(Cl)cc1)[C@H]1[C@H]2C(=O)N(c3ccccc3C(F)(F)F)C(=O)[C@@H]2[C@@H]2c3ccccc3C=CN12. The Morgan fingerprint density at radius 2 is 1.53 bits per heavy atom. The molecular weight excluding hydrogens is 519 g/mol. The van der Waals surface area contributed by atoms with Crippen molar-refractivity contribution >= 4 is 46.8 Å². The Balaban J connectivity index is 1.46. The second-order valence-electron chi connectivity index (χ2n) is 9.36. The van der Waals surface area contributed by atoms with Gasteiger partial charge in [0, 0.05) is 16.9 Å². The van der Waals surface area contributed by atoms with Gasteiger partial charge in [0.25, 0.3) is 0 Å². The topological polar surface area (TPSA) is 69.7 Å². The summed E-state index contributed by atoms with van der Waals surface area (Å²) in [5.41, 5.74) is 0.327. The molecule has 0 aromatic heterocycles. The maximum atomic E-state index is 13.8. The van der Waals surface area contributed by atoms with E-state index in [1.807, 2.05) is 12.1 Å². The molecule has 0 spiro atoms. The molecule has 0 radical (unpaired) electrons. The second-order valence-corrected chi connectivity index (χ2v) is 9.79. The predicted octanol–water partition coefficient (Wildman–Crippen LogP) is 5.51. The molecule has 0 unspecified atom stereocenters. The van der Waals surface area contributed by atoms with Crippen molar-refractivity contribution in [1.82, 2.24) is 4.90 Å². The van der Waals surface area contributed by atoms with Gasteiger partial charge in [-0.05, 0) is 53.6 Å². The number of alkyl halides is 3. The van der Waals surface area contributed by atoms with Crippen LogP contribution < -0.4 is 10.2 Å². The maximum absolute atomic E-state index is 13.8. The molecule has 0 saturated carbocycles. The molecule has 1 N–H and O–H groups in total. The lowest BCUT2D eigenvalue weighted by Gasteiger charge is -2.35. The van der Waals surface area contributed by atoms with Gasteiger partial charge in [0.05, 0.1) is 29.1 Å². The number of hydrogen-bond acceptors (Lipinski definition) is 4. The van der Waals surface area contributed by atoms with Gasteiger partial charge in [-0.15, -0.1) is 0 Å². The van der Waals surface area contributed by atoms with Crippen molar-refractivity contribution in [2.45, 2.75) is 18.3 Å². The molecule has 3 aromatic carbocycles. The Hall–Kier alpha value is -4.11. The third-order valence-corrected chi connectivity index (χ3v) is 7.54. The molecule has 3 amide bonds. The van der Waals surface area contributed by atoms with E-state index in [2.05, 4.69) is 5.32 Å². The van der Waals surface area contributed by atoms with Crippen LogP contribution in [0, 0.1) is 11.8 Å². The summed E-state index contributed by atoms with van der Waals surface area (Å²) in [6.07, 6.45) is -1.32. The van der Waals surface area contributed by atoms with E-state index in [1.54, 1.807) is 53.6 Å². The number of carbonyl (C=O) groups excluding carboxylic acids is 3. The highest BCUT2D eigenvalue weighted by molar-refractivity contribution is 6.30. The smallest absolute Gasteiger partial charge is 0.357 e. The van der Waals surface area contributed by atoms with E-state index in [-0.39, 0.29) is 0 Å². The highest BCUT2D eigenvalue weighted by Gasteiger charge is 2.65. The third kappa shape index (κ3) is 3.68. The van der Waals surface area contributed by atoms with Gasteiger partial charge in [-0.2, -0.15) is 13.2 Å². The Morgan fingerprint density at radius 3 is 2.26 bits per heavy atom. The van der Waals surface area contributed by atoms with Crippen molar-refractivity contribution in [2.75, 3.05) is 10.2 Å². The summed E-state index contributed by atoms with van der Waals surface area (Å²) >= 11 is 5.94. The average Bonchev–Trinajstić information content (AvgIpc) is 3.37. The van der Waals surface area contributed by atoms with Crippen molar-refractivity contribution in [3.63, 3.8) is 0 Å². The van der Waals surface area contributed by atoms with E-state index in [1.165, 1.54) is 12.1 Å². The fraction of sp³-hybridized carbons (Fsp3) is 0.179. The zero-order valence-electron chi connectivity index (χ0n) is 19.5. The number of para-hydroxylation sites is 1. The lowest BCUT2D eigenvalue weighted by molar-refractivity contribution is -0.137. The minimum absolute atomic E-state index is 0.428. The van der Waals surface area contributed by atoms with E-state index in [9.17, 15) is 27.6 Å². The van der Waals surface area contributed by atoms with Crippen molar-refractivity contribution < 1.29 is 27.6 Å². The second kappa shape index (κ2) is 8.73. The Kier molecular flexibility index (Phi) is 5.57. The minimum atomic E-state index is -4.79. The van der Waals surface area contributed by atoms with Crippen LogP contribution in [0.5, 0.6) is 0 Å². The fourth-order valence-electron chi connectivity index (χ4n) is 5.75. The number of rotatable bonds is 3. The van der Waals surface area contributed by atoms with Crippen LogP contribution in [0.25, 0.3) is 6.08 Å². The summed E-state index contributed by atoms with van der Waals surface area (Å²) in [4.78, 5) is 43.6. The molecular formula is C28H19ClF3N3O3. The van der Waals surface area contributed by atoms with E-state index in [0.29, 0.717) is 15.6 Å². The molecule has 2 fully saturated rings. The first-order chi connectivity index (χ1) is 18.2. The van der Waals surface area contributed by atoms with Gasteiger partial charge in [-0.25, -0.2) is 4.90 Å². The summed E-state index contributed by atoms with van der Waals surface area (Å²) in [6.45, 7) is 0. The molecule has 192 valence electrons. The number of anilines is 2. The Labute approximate surface area is 220 Å². The zero-order valence-corrected chi connectivity index (χ0v) is 20.3. The fourth-order valence-corrected chi connectivity index (χ4v) is 5.88. The van der Waals surface area contributed by atoms with Crippen LogP contribution in [-0.4, -0.2) is 28.7 Å². The highest BCUT2D eigenvalue weighted by atomic mass is 35.5. The van der Waals surface area contributed by atoms with Gasteiger partial charge in [0.2, 0.25) is 17.7 Å². The first-order valence-corrected chi connectivity index (χ1v) is 12.2. The quantitative estimate of drug-likeness (QED) is 0.447. The number of benzene rings is 3. The molecule has 0 bridgehead atoms. The van der Waals surface area contributed by atoms with E-state index >= 15 is 0 Å². The zero-order chi connectivity index (χ0) is 26.8. The van der Waals surface area contributed by atoms with Crippen LogP contribution in [0.2, 0.25) is 5.02 Å². The molecule has 3 aliphatic heterocycles. The molecule has 3 heterocycles. The molecule has 4 atom stereocenters. The minimum Gasteiger partial charge on any atom is -0.357 e. The van der Waals surface area contributed by atoms with Gasteiger partial charge in [-0.1, -0.05) is 48.0 Å². The van der Waals surface area contributed by atoms with Crippen molar-refractivity contribution in [2.24, 2.45) is 11.8 Å². The summed E-state index contributed by atoms with van der Waals surface area (Å²) in [5, 5.41) is 3.24. The number of amides is 3. The van der Waals surface area contributed by atoms with Gasteiger partial charge < -0.3 is 10.2 Å². The molecule has 0 aliphatic carbocycles. The summed E-state index contributed by atoms with van der Waals surface area (Å²) in [5.74, 6) is -4.42. The molecule has 3 aliphatic rings. The Bertz CT molecular complexity index is 1500. The Morgan fingerprint density at radius 1 is 0.868 bits per heavy atom. The summed E-state index contributed by atoms with van der Waals surface area (Å²) < 4.78 is 41.5. The molecule has 2 saturated heterocycles. The van der Waals surface area contributed by atoms with Gasteiger partial charge in [-0.3, -0.25) is 14.4 Å². The molecule has 38 heavy (non-hydrogen) atoms. The van der Waals surface area contributed by atoms with Crippen molar-refractivity contribution in [3.8, 4) is 0 Å². The van der Waals surface area contributed by atoms with Crippen molar-refractivity contribution in [3.05, 3.63) is 101 Å². The average molecular weight is 538 g/mol. The maximum Gasteiger partial charge on any atom is 0.418 e. The number of carbonyl (C=O) groups is 3. The van der Waals surface area contributed by atoms with Crippen LogP contribution >= 0.6 is 11.6 Å². The van der Waals surface area contributed by atoms with Crippen LogP contribution in [0.3, 0.4) is 0 Å². The van der Waals surface area contributed by atoms with Gasteiger partial charge in [0.1, 0.15) is 6.04 Å². The lowest BCUT2D eigenvalue weighted by atomic mass is 9.84.